The molecule has 5 heteroatoms. The normalized spacial score (nSPS) is 11.6. The highest BCUT2D eigenvalue weighted by atomic mass is 16.5. The van der Waals surface area contributed by atoms with Crippen LogP contribution < -0.4 is 10.1 Å². The molecule has 0 aliphatic rings. The van der Waals surface area contributed by atoms with E-state index in [1.165, 1.54) is 6.26 Å². The van der Waals surface area contributed by atoms with Gasteiger partial charge in [0.25, 0.3) is 5.91 Å². The van der Waals surface area contributed by atoms with Gasteiger partial charge in [0, 0.05) is 17.3 Å². The number of ether oxygens (including phenoxy) is 1. The Kier molecular flexibility index (Phi) is 5.17. The standard InChI is InChI=1S/C21H19NO4/c1-14-8-10-16(11-9-14)20(23)15(2)26-18-6-3-5-17(13-18)22-21(24)19-7-4-12-25-19/h3-13,15H,1-2H3,(H,22,24)/t15-/m1/s1. The number of rotatable bonds is 6. The van der Waals surface area contributed by atoms with Crippen molar-refractivity contribution in [3.05, 3.63) is 83.8 Å². The van der Waals surface area contributed by atoms with Crippen molar-refractivity contribution < 1.29 is 18.7 Å². The average molecular weight is 349 g/mol. The molecule has 1 atom stereocenters. The van der Waals surface area contributed by atoms with E-state index in [-0.39, 0.29) is 17.5 Å². The monoisotopic (exact) mass is 349 g/mol. The minimum atomic E-state index is -0.645. The maximum atomic E-state index is 12.5. The summed E-state index contributed by atoms with van der Waals surface area (Å²) in [5, 5.41) is 2.73. The number of furan rings is 1. The Hall–Kier alpha value is -3.34. The minimum absolute atomic E-state index is 0.102. The number of benzene rings is 2. The molecule has 0 bridgehead atoms. The number of amides is 1. The second kappa shape index (κ2) is 7.70. The van der Waals surface area contributed by atoms with Gasteiger partial charge in [-0.25, -0.2) is 0 Å². The smallest absolute Gasteiger partial charge is 0.291 e. The summed E-state index contributed by atoms with van der Waals surface area (Å²) in [6, 6.07) is 17.5. The van der Waals surface area contributed by atoms with E-state index in [1.807, 2.05) is 19.1 Å². The van der Waals surface area contributed by atoms with Crippen LogP contribution in [0.4, 0.5) is 5.69 Å². The first-order valence-electron chi connectivity index (χ1n) is 8.25. The lowest BCUT2D eigenvalue weighted by molar-refractivity contribution is 0.0818. The molecule has 0 aliphatic carbocycles. The van der Waals surface area contributed by atoms with Crippen molar-refractivity contribution in [3.8, 4) is 5.75 Å². The Bertz CT molecular complexity index is 898. The number of Topliss-reactive ketones (excluding diaryl/α,β-unsaturated/α-hetero) is 1. The minimum Gasteiger partial charge on any atom is -0.482 e. The zero-order valence-electron chi connectivity index (χ0n) is 14.6. The Morgan fingerprint density at radius 1 is 1.04 bits per heavy atom. The fourth-order valence-electron chi connectivity index (χ4n) is 2.46. The average Bonchev–Trinajstić information content (AvgIpc) is 3.17. The summed E-state index contributed by atoms with van der Waals surface area (Å²) in [5.41, 5.74) is 2.25. The number of carbonyl (C=O) groups is 2. The third kappa shape index (κ3) is 4.19. The molecule has 0 radical (unpaired) electrons. The molecular formula is C21H19NO4. The summed E-state index contributed by atoms with van der Waals surface area (Å²) in [6.45, 7) is 3.67. The number of nitrogens with one attached hydrogen (secondary N) is 1. The second-order valence-corrected chi connectivity index (χ2v) is 5.95. The van der Waals surface area contributed by atoms with Gasteiger partial charge in [0.1, 0.15) is 5.75 Å². The number of ketones is 1. The van der Waals surface area contributed by atoms with Gasteiger partial charge >= 0.3 is 0 Å². The molecular weight excluding hydrogens is 330 g/mol. The van der Waals surface area contributed by atoms with E-state index in [0.29, 0.717) is 17.0 Å². The lowest BCUT2D eigenvalue weighted by Gasteiger charge is -2.15. The third-order valence-electron chi connectivity index (χ3n) is 3.86. The van der Waals surface area contributed by atoms with Crippen molar-refractivity contribution in [1.82, 2.24) is 0 Å². The van der Waals surface area contributed by atoms with Gasteiger partial charge in [-0.3, -0.25) is 9.59 Å². The van der Waals surface area contributed by atoms with Crippen LogP contribution in [0.1, 0.15) is 33.4 Å². The van der Waals surface area contributed by atoms with Crippen LogP contribution in [0.15, 0.2) is 71.3 Å². The van der Waals surface area contributed by atoms with Crippen LogP contribution in [0.3, 0.4) is 0 Å². The summed E-state index contributed by atoms with van der Waals surface area (Å²) < 4.78 is 10.8. The summed E-state index contributed by atoms with van der Waals surface area (Å²) in [4.78, 5) is 24.5. The van der Waals surface area contributed by atoms with Crippen LogP contribution in [-0.4, -0.2) is 17.8 Å². The molecule has 0 aliphatic heterocycles. The summed E-state index contributed by atoms with van der Waals surface area (Å²) in [7, 11) is 0. The lowest BCUT2D eigenvalue weighted by atomic mass is 10.1. The number of carbonyl (C=O) groups excluding carboxylic acids is 2. The van der Waals surface area contributed by atoms with Gasteiger partial charge in [0.05, 0.1) is 6.26 Å². The van der Waals surface area contributed by atoms with Crippen molar-refractivity contribution in [2.45, 2.75) is 20.0 Å². The molecule has 1 heterocycles. The molecule has 1 N–H and O–H groups in total. The van der Waals surface area contributed by atoms with Crippen LogP contribution in [0.5, 0.6) is 5.75 Å². The molecule has 1 amide bonds. The topological polar surface area (TPSA) is 68.5 Å². The number of hydrogen-bond donors (Lipinski definition) is 1. The number of anilines is 1. The fourth-order valence-corrected chi connectivity index (χ4v) is 2.46. The molecule has 2 aromatic carbocycles. The van der Waals surface area contributed by atoms with Crippen molar-refractivity contribution in [1.29, 1.82) is 0 Å². The first kappa shape index (κ1) is 17.5. The third-order valence-corrected chi connectivity index (χ3v) is 3.86. The van der Waals surface area contributed by atoms with Gasteiger partial charge < -0.3 is 14.5 Å². The highest BCUT2D eigenvalue weighted by Crippen LogP contribution is 2.20. The van der Waals surface area contributed by atoms with E-state index < -0.39 is 6.10 Å². The largest absolute Gasteiger partial charge is 0.482 e. The van der Waals surface area contributed by atoms with Crippen molar-refractivity contribution >= 4 is 17.4 Å². The quantitative estimate of drug-likeness (QED) is 0.666. The highest BCUT2D eigenvalue weighted by molar-refractivity contribution is 6.02. The van der Waals surface area contributed by atoms with Crippen LogP contribution >= 0.6 is 0 Å². The lowest BCUT2D eigenvalue weighted by Crippen LogP contribution is -2.24. The Labute approximate surface area is 151 Å². The zero-order valence-corrected chi connectivity index (χ0v) is 14.6. The van der Waals surface area contributed by atoms with Gasteiger partial charge in [-0.2, -0.15) is 0 Å². The van der Waals surface area contributed by atoms with E-state index in [2.05, 4.69) is 5.32 Å². The molecule has 0 saturated carbocycles. The van der Waals surface area contributed by atoms with Gasteiger partial charge in [-0.05, 0) is 38.1 Å². The predicted molar refractivity (Wildman–Crippen MR) is 98.7 cm³/mol. The zero-order chi connectivity index (χ0) is 18.5. The molecule has 5 nitrogen and oxygen atoms in total. The van der Waals surface area contributed by atoms with Gasteiger partial charge in [-0.15, -0.1) is 0 Å². The summed E-state index contributed by atoms with van der Waals surface area (Å²) in [6.07, 6.45) is 0.793. The van der Waals surface area contributed by atoms with E-state index in [4.69, 9.17) is 9.15 Å². The molecule has 0 spiro atoms. The summed E-state index contributed by atoms with van der Waals surface area (Å²) in [5.74, 6) is 0.264. The fraction of sp³-hybridized carbons (Fsp3) is 0.143. The van der Waals surface area contributed by atoms with Crippen LogP contribution in [0, 0.1) is 6.92 Å². The second-order valence-electron chi connectivity index (χ2n) is 5.95. The van der Waals surface area contributed by atoms with E-state index >= 15 is 0 Å². The van der Waals surface area contributed by atoms with Gasteiger partial charge in [0.2, 0.25) is 5.78 Å². The maximum absolute atomic E-state index is 12.5. The van der Waals surface area contributed by atoms with E-state index in [1.54, 1.807) is 55.5 Å². The molecule has 1 aromatic heterocycles. The van der Waals surface area contributed by atoms with Crippen molar-refractivity contribution in [2.24, 2.45) is 0 Å². The molecule has 26 heavy (non-hydrogen) atoms. The molecule has 3 aromatic rings. The van der Waals surface area contributed by atoms with Crippen molar-refractivity contribution in [3.63, 3.8) is 0 Å². The molecule has 0 saturated heterocycles. The van der Waals surface area contributed by atoms with Gasteiger partial charge in [0.15, 0.2) is 11.9 Å². The highest BCUT2D eigenvalue weighted by Gasteiger charge is 2.17. The first-order chi connectivity index (χ1) is 12.5. The molecule has 0 fully saturated rings. The van der Waals surface area contributed by atoms with Gasteiger partial charge in [-0.1, -0.05) is 35.9 Å². The van der Waals surface area contributed by atoms with Crippen molar-refractivity contribution in [2.75, 3.05) is 5.32 Å². The Morgan fingerprint density at radius 3 is 2.50 bits per heavy atom. The number of aryl methyl sites for hydroxylation is 1. The van der Waals surface area contributed by atoms with E-state index in [9.17, 15) is 9.59 Å². The van der Waals surface area contributed by atoms with Crippen LogP contribution in [0.2, 0.25) is 0 Å². The predicted octanol–water partition coefficient (Wildman–Crippen LogP) is 4.49. The number of hydrogen-bond acceptors (Lipinski definition) is 4. The molecule has 3 rings (SSSR count). The SMILES string of the molecule is Cc1ccc(C(=O)[C@@H](C)Oc2cccc(NC(=O)c3ccco3)c2)cc1. The maximum Gasteiger partial charge on any atom is 0.291 e. The van der Waals surface area contributed by atoms with Crippen LogP contribution in [-0.2, 0) is 0 Å². The van der Waals surface area contributed by atoms with Crippen LogP contribution in [0.25, 0.3) is 0 Å². The van der Waals surface area contributed by atoms with E-state index in [0.717, 1.165) is 5.56 Å². The first-order valence-corrected chi connectivity index (χ1v) is 8.25. The molecule has 132 valence electrons. The summed E-state index contributed by atoms with van der Waals surface area (Å²) >= 11 is 0. The Morgan fingerprint density at radius 2 is 1.81 bits per heavy atom. The molecule has 0 unspecified atom stereocenters. The Balaban J connectivity index is 1.67.